The summed E-state index contributed by atoms with van der Waals surface area (Å²) in [5, 5.41) is 21.6. The number of nitriles is 2. The van der Waals surface area contributed by atoms with Gasteiger partial charge < -0.3 is 14.2 Å². The molecule has 0 radical (unpaired) electrons. The van der Waals surface area contributed by atoms with Crippen LogP contribution in [0.1, 0.15) is 57.6 Å². The average Bonchev–Trinajstić information content (AvgIpc) is 3.72. The molecule has 4 atom stereocenters. The fourth-order valence-electron chi connectivity index (χ4n) is 7.87. The van der Waals surface area contributed by atoms with Gasteiger partial charge in [-0.25, -0.2) is 14.4 Å². The molecule has 0 spiro atoms. The van der Waals surface area contributed by atoms with E-state index in [-0.39, 0.29) is 58.5 Å². The highest BCUT2D eigenvalue weighted by atomic mass is 35.5. The summed E-state index contributed by atoms with van der Waals surface area (Å²) in [5.41, 5.74) is 2.31. The molecule has 0 saturated carbocycles. The highest BCUT2D eigenvalue weighted by Gasteiger charge is 2.34. The number of imidazole rings is 1. The van der Waals surface area contributed by atoms with Crippen molar-refractivity contribution in [3.8, 4) is 29.1 Å². The number of nitrogens with zero attached hydrogens (tertiary/aromatic N) is 7. The fraction of sp³-hybridized carbons (Fsp3) is 0.378. The Kier molecular flexibility index (Phi) is 8.41. The van der Waals surface area contributed by atoms with Gasteiger partial charge in [-0.15, -0.1) is 0 Å². The Bertz CT molecular complexity index is 2160. The number of carbonyl (C=O) groups is 1. The molecule has 2 fully saturated rings. The van der Waals surface area contributed by atoms with Gasteiger partial charge >= 0.3 is 0 Å². The van der Waals surface area contributed by atoms with Gasteiger partial charge in [-0.1, -0.05) is 41.9 Å². The topological polar surface area (TPSA) is 111 Å². The number of pyridine rings is 1. The zero-order valence-corrected chi connectivity index (χ0v) is 27.8. The van der Waals surface area contributed by atoms with Crippen LogP contribution in [-0.2, 0) is 4.79 Å². The minimum absolute atomic E-state index is 0.0604. The van der Waals surface area contributed by atoms with E-state index in [1.165, 1.54) is 6.92 Å². The normalized spacial score (nSPS) is 20.6. The van der Waals surface area contributed by atoms with Crippen LogP contribution >= 0.6 is 11.6 Å². The Hall–Kier alpha value is -4.77. The van der Waals surface area contributed by atoms with Crippen molar-refractivity contribution in [3.63, 3.8) is 0 Å². The molecule has 0 unspecified atom stereocenters. The number of piperidine rings is 1. The number of fused-ring (bicyclic) bond motifs is 4. The number of likely N-dealkylation sites (tertiary alicyclic amines) is 2. The van der Waals surface area contributed by atoms with E-state index in [2.05, 4.69) is 24.1 Å². The number of hydrogen-bond donors (Lipinski definition) is 0. The van der Waals surface area contributed by atoms with E-state index in [0.29, 0.717) is 52.3 Å². The molecule has 9 nitrogen and oxygen atoms in total. The first kappa shape index (κ1) is 31.8. The highest BCUT2D eigenvalue weighted by Crippen LogP contribution is 2.44. The maximum atomic E-state index is 17.2. The summed E-state index contributed by atoms with van der Waals surface area (Å²) in [6, 6.07) is 16.9. The number of aromatic nitrogens is 3. The van der Waals surface area contributed by atoms with Gasteiger partial charge in [0.15, 0.2) is 11.3 Å². The van der Waals surface area contributed by atoms with Crippen molar-refractivity contribution in [3.05, 3.63) is 65.2 Å². The molecule has 0 N–H and O–H groups in total. The molecule has 11 heteroatoms. The lowest BCUT2D eigenvalue weighted by atomic mass is 9.93. The molecule has 244 valence electrons. The minimum Gasteiger partial charge on any atom is -0.471 e. The molecule has 4 heterocycles. The summed E-state index contributed by atoms with van der Waals surface area (Å²) in [7, 11) is 2.08. The molecular formula is C37H35ClFN7O2. The van der Waals surface area contributed by atoms with Crippen LogP contribution in [0.3, 0.4) is 0 Å². The predicted octanol–water partition coefficient (Wildman–Crippen LogP) is 7.40. The van der Waals surface area contributed by atoms with Crippen molar-refractivity contribution < 1.29 is 13.9 Å². The van der Waals surface area contributed by atoms with Crippen LogP contribution in [0.15, 0.2) is 48.8 Å². The van der Waals surface area contributed by atoms with Crippen molar-refractivity contribution in [1.82, 2.24) is 24.3 Å². The van der Waals surface area contributed by atoms with Crippen molar-refractivity contribution in [2.45, 2.75) is 70.2 Å². The van der Waals surface area contributed by atoms with Gasteiger partial charge in [0.2, 0.25) is 11.8 Å². The van der Waals surface area contributed by atoms with E-state index in [1.807, 2.05) is 29.7 Å². The first-order chi connectivity index (χ1) is 23.2. The molecule has 0 bridgehead atoms. The lowest BCUT2D eigenvalue weighted by Crippen LogP contribution is -2.45. The van der Waals surface area contributed by atoms with Gasteiger partial charge in [0.1, 0.15) is 11.6 Å². The number of ether oxygens (including phenoxy) is 1. The van der Waals surface area contributed by atoms with Crippen molar-refractivity contribution in [2.75, 3.05) is 20.1 Å². The molecule has 2 saturated heterocycles. The van der Waals surface area contributed by atoms with Crippen LogP contribution in [0, 0.1) is 28.5 Å². The summed E-state index contributed by atoms with van der Waals surface area (Å²) in [6.07, 6.45) is 4.94. The number of rotatable bonds is 6. The second-order valence-electron chi connectivity index (χ2n) is 13.0. The smallest absolute Gasteiger partial charge is 0.243 e. The standard InChI is InChI=1S/C37H35ClFN7O2/c1-21(30-11-6-15-44(30)3)48-37-35-36(46(20-42-35)26-13-16-45(22(2)47)25(17-26)12-14-40)28-18-29(38)32(33(39)34(28)43-37)27-10-5-8-23-7-4-9-24(19-41)31(23)27/h4-5,7-10,18,20-21,25-26,30H,6,11-13,15-17H2,1-3H3/t21-,25+,26-,30-/m0/s1. The Morgan fingerprint density at radius 3 is 2.67 bits per heavy atom. The van der Waals surface area contributed by atoms with Crippen LogP contribution in [-0.4, -0.2) is 68.6 Å². The van der Waals surface area contributed by atoms with Gasteiger partial charge in [0, 0.05) is 47.9 Å². The molecule has 1 amide bonds. The maximum Gasteiger partial charge on any atom is 0.243 e. The largest absolute Gasteiger partial charge is 0.471 e. The number of benzene rings is 3. The molecule has 2 aromatic heterocycles. The minimum atomic E-state index is -0.614. The quantitative estimate of drug-likeness (QED) is 0.186. The molecule has 3 aromatic carbocycles. The summed E-state index contributed by atoms with van der Waals surface area (Å²) in [6.45, 7) is 5.00. The zero-order chi connectivity index (χ0) is 33.7. The molecule has 0 aliphatic carbocycles. The average molecular weight is 664 g/mol. The number of amides is 1. The van der Waals surface area contributed by atoms with Gasteiger partial charge in [-0.2, -0.15) is 10.5 Å². The lowest BCUT2D eigenvalue weighted by molar-refractivity contribution is -0.132. The van der Waals surface area contributed by atoms with E-state index in [1.54, 1.807) is 35.5 Å². The van der Waals surface area contributed by atoms with Crippen LogP contribution in [0.25, 0.3) is 43.8 Å². The summed E-state index contributed by atoms with van der Waals surface area (Å²) >= 11 is 6.99. The van der Waals surface area contributed by atoms with E-state index >= 15 is 4.39 Å². The van der Waals surface area contributed by atoms with Crippen LogP contribution in [0.4, 0.5) is 4.39 Å². The van der Waals surface area contributed by atoms with Crippen molar-refractivity contribution >= 4 is 50.2 Å². The summed E-state index contributed by atoms with van der Waals surface area (Å²) < 4.78 is 25.8. The summed E-state index contributed by atoms with van der Waals surface area (Å²) in [4.78, 5) is 26.0. The second kappa shape index (κ2) is 12.7. The van der Waals surface area contributed by atoms with Gasteiger partial charge in [-0.05, 0) is 69.3 Å². The number of likely N-dealkylation sites (N-methyl/N-ethyl adjacent to an activating group) is 1. The van der Waals surface area contributed by atoms with Crippen LogP contribution < -0.4 is 4.74 Å². The molecule has 2 aliphatic rings. The first-order valence-corrected chi connectivity index (χ1v) is 16.7. The van der Waals surface area contributed by atoms with Crippen LogP contribution in [0.5, 0.6) is 5.88 Å². The van der Waals surface area contributed by atoms with Crippen molar-refractivity contribution in [2.24, 2.45) is 0 Å². The number of carbonyl (C=O) groups excluding carboxylic acids is 1. The Labute approximate surface area is 283 Å². The van der Waals surface area contributed by atoms with Crippen molar-refractivity contribution in [1.29, 1.82) is 10.5 Å². The lowest BCUT2D eigenvalue weighted by Gasteiger charge is -2.38. The molecule has 48 heavy (non-hydrogen) atoms. The van der Waals surface area contributed by atoms with Gasteiger partial charge in [0.25, 0.3) is 0 Å². The van der Waals surface area contributed by atoms with E-state index in [4.69, 9.17) is 26.3 Å². The fourth-order valence-corrected chi connectivity index (χ4v) is 8.16. The first-order valence-electron chi connectivity index (χ1n) is 16.3. The molecule has 5 aromatic rings. The Morgan fingerprint density at radius 2 is 1.96 bits per heavy atom. The Balaban J connectivity index is 1.45. The Morgan fingerprint density at radius 1 is 1.17 bits per heavy atom. The second-order valence-corrected chi connectivity index (χ2v) is 13.4. The van der Waals surface area contributed by atoms with Gasteiger partial charge in [0.05, 0.1) is 41.0 Å². The van der Waals surface area contributed by atoms with Gasteiger partial charge in [-0.3, -0.25) is 9.69 Å². The third kappa shape index (κ3) is 5.30. The number of halogens is 2. The maximum absolute atomic E-state index is 17.2. The predicted molar refractivity (Wildman–Crippen MR) is 183 cm³/mol. The highest BCUT2D eigenvalue weighted by molar-refractivity contribution is 6.35. The summed E-state index contributed by atoms with van der Waals surface area (Å²) in [5.74, 6) is -0.437. The van der Waals surface area contributed by atoms with E-state index in [0.717, 1.165) is 24.8 Å². The zero-order valence-electron chi connectivity index (χ0n) is 27.1. The van der Waals surface area contributed by atoms with Crippen LogP contribution in [0.2, 0.25) is 5.02 Å². The third-order valence-corrected chi connectivity index (χ3v) is 10.5. The SMILES string of the molecule is CC(=O)N1CC[C@H](n2cnc3c(O[C@@H](C)[C@@H]4CCCN4C)nc4c(F)c(-c5cccc6cccc(C#N)c56)c(Cl)cc4c32)C[C@H]1CC#N. The van der Waals surface area contributed by atoms with E-state index in [9.17, 15) is 15.3 Å². The third-order valence-electron chi connectivity index (χ3n) is 10.2. The molecule has 7 rings (SSSR count). The molecular weight excluding hydrogens is 629 g/mol. The van der Waals surface area contributed by atoms with E-state index < -0.39 is 5.82 Å². The number of hydrogen-bond acceptors (Lipinski definition) is 7. The monoisotopic (exact) mass is 663 g/mol. The molecule has 2 aliphatic heterocycles.